The number of aliphatic hydroxyl groups excluding tert-OH is 1. The number of amides is 1. The molecular weight excluding hydrogens is 382 g/mol. The highest BCUT2D eigenvalue weighted by atomic mass is 32.1. The number of carbonyl (C=O) groups excluding carboxylic acids is 1. The zero-order valence-electron chi connectivity index (χ0n) is 15.1. The summed E-state index contributed by atoms with van der Waals surface area (Å²) in [6, 6.07) is 13.4. The van der Waals surface area contributed by atoms with Gasteiger partial charge in [-0.05, 0) is 47.7 Å². The third-order valence-electron chi connectivity index (χ3n) is 4.07. The molecular formula is C20H21NO4S2. The maximum absolute atomic E-state index is 12.3. The number of nitrogens with one attached hydrogen (secondary N) is 1. The van der Waals surface area contributed by atoms with E-state index < -0.39 is 12.0 Å². The molecule has 0 radical (unpaired) electrons. The van der Waals surface area contributed by atoms with E-state index >= 15 is 0 Å². The summed E-state index contributed by atoms with van der Waals surface area (Å²) < 4.78 is 10.5. The average Bonchev–Trinajstić information content (AvgIpc) is 3.38. The summed E-state index contributed by atoms with van der Waals surface area (Å²) in [7, 11) is 3.18. The first-order valence-electron chi connectivity index (χ1n) is 8.42. The van der Waals surface area contributed by atoms with E-state index in [4.69, 9.17) is 9.47 Å². The van der Waals surface area contributed by atoms with Crippen LogP contribution in [0.25, 0.3) is 9.75 Å². The summed E-state index contributed by atoms with van der Waals surface area (Å²) in [6.07, 6.45) is -0.530. The van der Waals surface area contributed by atoms with Crippen LogP contribution in [-0.4, -0.2) is 31.8 Å². The van der Waals surface area contributed by atoms with E-state index in [1.165, 1.54) is 11.3 Å². The lowest BCUT2D eigenvalue weighted by atomic mass is 10.1. The van der Waals surface area contributed by atoms with E-state index in [0.29, 0.717) is 29.3 Å². The lowest BCUT2D eigenvalue weighted by molar-refractivity contribution is -0.129. The monoisotopic (exact) mass is 403 g/mol. The SMILES string of the molecule is COc1ccc(CCNC(=O)C(O)c2ccc(-c3cccs3)s2)cc1OC. The number of hydrogen-bond acceptors (Lipinski definition) is 6. The molecule has 7 heteroatoms. The number of rotatable bonds is 8. The zero-order chi connectivity index (χ0) is 19.2. The van der Waals surface area contributed by atoms with Crippen LogP contribution in [0, 0.1) is 0 Å². The molecule has 0 aliphatic carbocycles. The Balaban J connectivity index is 1.55. The molecule has 1 unspecified atom stereocenters. The number of hydrogen-bond donors (Lipinski definition) is 2. The Morgan fingerprint density at radius 2 is 1.93 bits per heavy atom. The first kappa shape index (κ1) is 19.4. The normalized spacial score (nSPS) is 11.8. The summed E-state index contributed by atoms with van der Waals surface area (Å²) in [5, 5.41) is 15.1. The second-order valence-electron chi connectivity index (χ2n) is 5.81. The second-order valence-corrected chi connectivity index (χ2v) is 7.88. The van der Waals surface area contributed by atoms with Gasteiger partial charge in [0.25, 0.3) is 5.91 Å². The number of benzene rings is 1. The Bertz CT molecular complexity index is 889. The minimum absolute atomic E-state index is 0.393. The molecule has 0 spiro atoms. The third kappa shape index (κ3) is 4.68. The van der Waals surface area contributed by atoms with Crippen LogP contribution < -0.4 is 14.8 Å². The molecule has 0 aliphatic heterocycles. The molecule has 0 fully saturated rings. The Hall–Kier alpha value is -2.35. The Kier molecular flexibility index (Phi) is 6.49. The van der Waals surface area contributed by atoms with Crippen molar-refractivity contribution in [1.29, 1.82) is 0 Å². The Labute approximate surface area is 166 Å². The molecule has 0 saturated carbocycles. The standard InChI is InChI=1S/C20H21NO4S2/c1-24-14-6-5-13(12-15(14)25-2)9-10-21-20(23)19(22)18-8-7-17(27-18)16-4-3-11-26-16/h3-8,11-12,19,22H,9-10H2,1-2H3,(H,21,23). The Morgan fingerprint density at radius 3 is 2.63 bits per heavy atom. The van der Waals surface area contributed by atoms with Gasteiger partial charge in [0.05, 0.1) is 14.2 Å². The molecule has 2 heterocycles. The van der Waals surface area contributed by atoms with Gasteiger partial charge in [0.15, 0.2) is 17.6 Å². The lowest BCUT2D eigenvalue weighted by Gasteiger charge is -2.11. The predicted molar refractivity (Wildman–Crippen MR) is 109 cm³/mol. The molecule has 2 aromatic heterocycles. The summed E-state index contributed by atoms with van der Waals surface area (Å²) in [5.41, 5.74) is 1.01. The molecule has 5 nitrogen and oxygen atoms in total. The molecule has 0 bridgehead atoms. The fraction of sp³-hybridized carbons (Fsp3) is 0.250. The van der Waals surface area contributed by atoms with Gasteiger partial charge in [0.1, 0.15) is 0 Å². The van der Waals surface area contributed by atoms with Gasteiger partial charge in [-0.2, -0.15) is 0 Å². The number of methoxy groups -OCH3 is 2. The third-order valence-corrected chi connectivity index (χ3v) is 6.27. The number of ether oxygens (including phenoxy) is 2. The van der Waals surface area contributed by atoms with Crippen LogP contribution in [-0.2, 0) is 11.2 Å². The van der Waals surface area contributed by atoms with E-state index in [1.54, 1.807) is 31.6 Å². The van der Waals surface area contributed by atoms with Crippen LogP contribution in [0.1, 0.15) is 16.5 Å². The minimum atomic E-state index is -1.16. The molecule has 1 atom stereocenters. The van der Waals surface area contributed by atoms with Gasteiger partial charge in [0.2, 0.25) is 0 Å². The first-order chi connectivity index (χ1) is 13.1. The van der Waals surface area contributed by atoms with Crippen molar-refractivity contribution in [3.8, 4) is 21.3 Å². The molecule has 3 rings (SSSR count). The van der Waals surface area contributed by atoms with E-state index in [-0.39, 0.29) is 0 Å². The maximum Gasteiger partial charge on any atom is 0.254 e. The van der Waals surface area contributed by atoms with Gasteiger partial charge in [-0.25, -0.2) is 0 Å². The van der Waals surface area contributed by atoms with Crippen LogP contribution in [0.5, 0.6) is 11.5 Å². The van der Waals surface area contributed by atoms with E-state index in [2.05, 4.69) is 5.32 Å². The number of carbonyl (C=O) groups is 1. The number of thiophene rings is 2. The van der Waals surface area contributed by atoms with Crippen molar-refractivity contribution in [2.45, 2.75) is 12.5 Å². The molecule has 142 valence electrons. The van der Waals surface area contributed by atoms with Gasteiger partial charge in [-0.15, -0.1) is 22.7 Å². The first-order valence-corrected chi connectivity index (χ1v) is 10.1. The fourth-order valence-corrected chi connectivity index (χ4v) is 4.47. The quantitative estimate of drug-likeness (QED) is 0.599. The predicted octanol–water partition coefficient (Wildman–Crippen LogP) is 3.89. The molecule has 27 heavy (non-hydrogen) atoms. The average molecular weight is 404 g/mol. The topological polar surface area (TPSA) is 67.8 Å². The zero-order valence-corrected chi connectivity index (χ0v) is 16.7. The van der Waals surface area contributed by atoms with Crippen LogP contribution >= 0.6 is 22.7 Å². The van der Waals surface area contributed by atoms with Crippen LogP contribution in [0.15, 0.2) is 47.8 Å². The maximum atomic E-state index is 12.3. The number of aliphatic hydroxyl groups is 1. The molecule has 0 aliphatic rings. The molecule has 0 saturated heterocycles. The van der Waals surface area contributed by atoms with Crippen LogP contribution in [0.2, 0.25) is 0 Å². The van der Waals surface area contributed by atoms with Gasteiger partial charge >= 0.3 is 0 Å². The molecule has 1 amide bonds. The van der Waals surface area contributed by atoms with Crippen molar-refractivity contribution in [3.05, 3.63) is 58.3 Å². The minimum Gasteiger partial charge on any atom is -0.493 e. The van der Waals surface area contributed by atoms with Crippen molar-refractivity contribution in [2.24, 2.45) is 0 Å². The summed E-state index contributed by atoms with van der Waals surface area (Å²) in [6.45, 7) is 0.425. The van der Waals surface area contributed by atoms with E-state index in [0.717, 1.165) is 15.3 Å². The lowest BCUT2D eigenvalue weighted by Crippen LogP contribution is -2.30. The molecule has 2 N–H and O–H groups in total. The smallest absolute Gasteiger partial charge is 0.254 e. The summed E-state index contributed by atoms with van der Waals surface area (Å²) >= 11 is 3.07. The highest BCUT2D eigenvalue weighted by molar-refractivity contribution is 7.21. The van der Waals surface area contributed by atoms with Crippen molar-refractivity contribution in [3.63, 3.8) is 0 Å². The molecule has 1 aromatic carbocycles. The van der Waals surface area contributed by atoms with Crippen molar-refractivity contribution >= 4 is 28.6 Å². The van der Waals surface area contributed by atoms with Crippen molar-refractivity contribution in [2.75, 3.05) is 20.8 Å². The second kappa shape index (κ2) is 9.03. The molecule has 3 aromatic rings. The fourth-order valence-electron chi connectivity index (χ4n) is 2.64. The summed E-state index contributed by atoms with van der Waals surface area (Å²) in [5.74, 6) is 0.927. The van der Waals surface area contributed by atoms with Gasteiger partial charge in [-0.3, -0.25) is 4.79 Å². The van der Waals surface area contributed by atoms with Crippen LogP contribution in [0.4, 0.5) is 0 Å². The van der Waals surface area contributed by atoms with Crippen molar-refractivity contribution in [1.82, 2.24) is 5.32 Å². The highest BCUT2D eigenvalue weighted by Crippen LogP contribution is 2.34. The van der Waals surface area contributed by atoms with Crippen LogP contribution in [0.3, 0.4) is 0 Å². The highest BCUT2D eigenvalue weighted by Gasteiger charge is 2.19. The largest absolute Gasteiger partial charge is 0.493 e. The Morgan fingerprint density at radius 1 is 1.11 bits per heavy atom. The van der Waals surface area contributed by atoms with Gasteiger partial charge < -0.3 is 19.9 Å². The van der Waals surface area contributed by atoms with E-state index in [1.807, 2.05) is 41.8 Å². The van der Waals surface area contributed by atoms with E-state index in [9.17, 15) is 9.90 Å². The summed E-state index contributed by atoms with van der Waals surface area (Å²) in [4.78, 5) is 15.1. The van der Waals surface area contributed by atoms with Gasteiger partial charge in [-0.1, -0.05) is 12.1 Å². The van der Waals surface area contributed by atoms with Crippen molar-refractivity contribution < 1.29 is 19.4 Å². The van der Waals surface area contributed by atoms with Gasteiger partial charge in [0, 0.05) is 21.2 Å².